The zero-order valence-corrected chi connectivity index (χ0v) is 38.3. The molecule has 0 spiro atoms. The summed E-state index contributed by atoms with van der Waals surface area (Å²) >= 11 is 24.3. The van der Waals surface area contributed by atoms with E-state index in [1.807, 2.05) is 0 Å². The van der Waals surface area contributed by atoms with Crippen LogP contribution < -0.4 is 21.3 Å². The molecule has 2 atom stereocenters. The van der Waals surface area contributed by atoms with Gasteiger partial charge >= 0.3 is 12.4 Å². The number of ketones is 2. The summed E-state index contributed by atoms with van der Waals surface area (Å²) in [5, 5.41) is 23.7. The highest BCUT2D eigenvalue weighted by atomic mass is 35.5. The smallest absolute Gasteiger partial charge is 0.324 e. The van der Waals surface area contributed by atoms with Crippen LogP contribution in [0.5, 0.6) is 0 Å². The fourth-order valence-corrected chi connectivity index (χ4v) is 6.86. The molecule has 0 heterocycles. The molecule has 5 aromatic carbocycles. The van der Waals surface area contributed by atoms with Crippen LogP contribution in [-0.4, -0.2) is 47.3 Å². The number of amides is 4. The molecule has 4 amide bonds. The van der Waals surface area contributed by atoms with Crippen molar-refractivity contribution in [3.05, 3.63) is 138 Å². The summed E-state index contributed by atoms with van der Waals surface area (Å²) in [5.74, 6) is -5.56. The molecule has 0 aliphatic rings. The van der Waals surface area contributed by atoms with Crippen LogP contribution >= 0.6 is 46.4 Å². The Hall–Kier alpha value is -6.74. The largest absolute Gasteiger partial charge is 0.418 e. The van der Waals surface area contributed by atoms with E-state index in [1.165, 1.54) is 36.4 Å². The molecule has 0 aliphatic carbocycles. The average Bonchev–Trinajstić information content (AvgIpc) is 3.25. The molecule has 24 heteroatoms. The van der Waals surface area contributed by atoms with Crippen molar-refractivity contribution in [1.29, 1.82) is 0 Å². The van der Waals surface area contributed by atoms with Gasteiger partial charge in [0.2, 0.25) is 12.1 Å². The predicted molar refractivity (Wildman–Crippen MR) is 243 cm³/mol. The number of nitrogens with zero attached hydrogens (tertiary/aromatic N) is 4. The molecule has 14 nitrogen and oxygen atoms in total. The summed E-state index contributed by atoms with van der Waals surface area (Å²) in [7, 11) is 0. The van der Waals surface area contributed by atoms with Gasteiger partial charge in [-0.25, -0.2) is 0 Å². The number of carbonyl (C=O) groups is 6. The molecule has 0 saturated heterocycles. The first-order chi connectivity index (χ1) is 31.8. The highest BCUT2D eigenvalue weighted by Gasteiger charge is 2.36. The van der Waals surface area contributed by atoms with E-state index < -0.39 is 92.2 Å². The number of benzene rings is 5. The minimum absolute atomic E-state index is 0.106. The molecule has 0 aromatic heterocycles. The molecule has 0 fully saturated rings. The van der Waals surface area contributed by atoms with Crippen LogP contribution in [0.4, 0.5) is 60.5 Å². The third kappa shape index (κ3) is 12.6. The van der Waals surface area contributed by atoms with Gasteiger partial charge in [0.05, 0.1) is 65.1 Å². The Morgan fingerprint density at radius 3 is 1.18 bits per heavy atom. The highest BCUT2D eigenvalue weighted by molar-refractivity contribution is 6.37. The van der Waals surface area contributed by atoms with E-state index in [2.05, 4.69) is 41.7 Å². The number of alkyl halides is 6. The summed E-state index contributed by atoms with van der Waals surface area (Å²) in [5.41, 5.74) is -3.59. The number of halogens is 10. The lowest BCUT2D eigenvalue weighted by molar-refractivity contribution is -0.137. The van der Waals surface area contributed by atoms with E-state index in [-0.39, 0.29) is 43.9 Å². The zero-order chi connectivity index (χ0) is 50.4. The molecule has 354 valence electrons. The fourth-order valence-electron chi connectivity index (χ4n) is 6.01. The van der Waals surface area contributed by atoms with Gasteiger partial charge in [0.15, 0.2) is 11.6 Å². The first-order valence-corrected chi connectivity index (χ1v) is 20.8. The predicted octanol–water partition coefficient (Wildman–Crippen LogP) is 12.8. The Morgan fingerprint density at radius 1 is 0.500 bits per heavy atom. The summed E-state index contributed by atoms with van der Waals surface area (Å²) in [6.45, 7) is 5.26. The second-order valence-electron chi connectivity index (χ2n) is 14.4. The first-order valence-electron chi connectivity index (χ1n) is 19.3. The van der Waals surface area contributed by atoms with Crippen LogP contribution in [-0.2, 0) is 31.5 Å². The van der Waals surface area contributed by atoms with Crippen molar-refractivity contribution in [2.75, 3.05) is 21.3 Å². The fraction of sp³-hybridized carbons (Fsp3) is 0.182. The lowest BCUT2D eigenvalue weighted by Crippen LogP contribution is -2.33. The highest BCUT2D eigenvalue weighted by Crippen LogP contribution is 2.41. The van der Waals surface area contributed by atoms with E-state index >= 15 is 0 Å². The first kappa shape index (κ1) is 52.2. The van der Waals surface area contributed by atoms with Gasteiger partial charge in [0.1, 0.15) is 0 Å². The number of nitrogens with one attached hydrogen (secondary N) is 4. The number of Topliss-reactive ketones (excluding diaryl/α,β-unsaturated/α-hetero) is 2. The minimum Gasteiger partial charge on any atom is -0.324 e. The van der Waals surface area contributed by atoms with Gasteiger partial charge < -0.3 is 21.3 Å². The summed E-state index contributed by atoms with van der Waals surface area (Å²) in [6, 6.07) is 12.2. The second kappa shape index (κ2) is 21.5. The molecule has 0 saturated carbocycles. The Labute approximate surface area is 401 Å². The Kier molecular flexibility index (Phi) is 16.5. The molecular weight excluding hydrogens is 992 g/mol. The summed E-state index contributed by atoms with van der Waals surface area (Å²) in [6.07, 6.45) is -9.72. The molecule has 2 unspecified atom stereocenters. The van der Waals surface area contributed by atoms with Crippen molar-refractivity contribution in [3.8, 4) is 0 Å². The molecule has 0 radical (unpaired) electrons. The lowest BCUT2D eigenvalue weighted by atomic mass is 10.0. The number of para-hydroxylation sites is 2. The van der Waals surface area contributed by atoms with Crippen molar-refractivity contribution >= 4 is 116 Å². The van der Waals surface area contributed by atoms with Crippen LogP contribution in [0.15, 0.2) is 105 Å². The van der Waals surface area contributed by atoms with E-state index in [0.717, 1.165) is 62.4 Å². The van der Waals surface area contributed by atoms with Crippen molar-refractivity contribution in [3.63, 3.8) is 0 Å². The average molecular weight is 1020 g/mol. The van der Waals surface area contributed by atoms with E-state index in [4.69, 9.17) is 46.4 Å². The third-order valence-electron chi connectivity index (χ3n) is 9.65. The molecule has 68 heavy (non-hydrogen) atoms. The quantitative estimate of drug-likeness (QED) is 0.0484. The normalized spacial score (nSPS) is 12.7. The molecular formula is C44H32Cl4F6N8O6. The number of anilines is 4. The maximum Gasteiger partial charge on any atom is 0.418 e. The van der Waals surface area contributed by atoms with Gasteiger partial charge in [0, 0.05) is 11.4 Å². The van der Waals surface area contributed by atoms with Gasteiger partial charge in [-0.15, -0.1) is 0 Å². The van der Waals surface area contributed by atoms with E-state index in [9.17, 15) is 55.1 Å². The van der Waals surface area contributed by atoms with Gasteiger partial charge in [0.25, 0.3) is 23.6 Å². The molecule has 0 bridgehead atoms. The van der Waals surface area contributed by atoms with Crippen LogP contribution in [0.2, 0.25) is 20.1 Å². The van der Waals surface area contributed by atoms with E-state index in [1.54, 1.807) is 13.8 Å². The maximum absolute atomic E-state index is 13.6. The Morgan fingerprint density at radius 2 is 0.853 bits per heavy atom. The van der Waals surface area contributed by atoms with Crippen LogP contribution in [0.1, 0.15) is 56.8 Å². The van der Waals surface area contributed by atoms with Crippen LogP contribution in [0, 0.1) is 13.8 Å². The standard InChI is InChI=1S/C44H32Cl4F6N8O6/c1-19-20(2)34(56-42(68)36(22(4)64)62-60-24-12-14-30(46)26(18-24)40(66)58-38-28(44(52,53)54)8-6-10-32(38)48)16-15-33(19)55-41(67)35(21(3)63)61-59-23-11-13-29(45)25(17-23)39(65)57-37-27(43(49,50)51)7-5-9-31(37)47/h5-18,35-36H,1-4H3,(H,55,67)(H,56,68)(H,57,65)(H,58,66). The number of rotatable bonds is 14. The molecule has 0 aliphatic heterocycles. The lowest BCUT2D eigenvalue weighted by Gasteiger charge is -2.17. The van der Waals surface area contributed by atoms with Gasteiger partial charge in [-0.05, 0) is 112 Å². The Balaban J connectivity index is 1.28. The SMILES string of the molecule is CC(=O)C(N=Nc1ccc(Cl)c(C(=O)Nc2c(Cl)cccc2C(F)(F)F)c1)C(=O)Nc1ccc(NC(=O)C(N=Nc2ccc(Cl)c(C(=O)Nc3c(Cl)cccc3C(F)(F)F)c2)C(C)=O)c(C)c1C. The van der Waals surface area contributed by atoms with Crippen molar-refractivity contribution < 1.29 is 55.1 Å². The number of hydrogen-bond donors (Lipinski definition) is 4. The third-order valence-corrected chi connectivity index (χ3v) is 10.9. The van der Waals surface area contributed by atoms with Crippen LogP contribution in [0.25, 0.3) is 0 Å². The minimum atomic E-state index is -4.86. The van der Waals surface area contributed by atoms with Crippen molar-refractivity contribution in [2.45, 2.75) is 52.1 Å². The zero-order valence-electron chi connectivity index (χ0n) is 35.3. The Bertz CT molecular complexity index is 2740. The molecule has 4 N–H and O–H groups in total. The molecule has 5 aromatic rings. The summed E-state index contributed by atoms with van der Waals surface area (Å²) < 4.78 is 81.7. The van der Waals surface area contributed by atoms with Crippen LogP contribution in [0.3, 0.4) is 0 Å². The number of hydrogen-bond acceptors (Lipinski definition) is 10. The van der Waals surface area contributed by atoms with Gasteiger partial charge in [-0.3, -0.25) is 28.8 Å². The number of carbonyl (C=O) groups excluding carboxylic acids is 6. The van der Waals surface area contributed by atoms with Gasteiger partial charge in [-0.1, -0.05) is 58.5 Å². The monoisotopic (exact) mass is 1020 g/mol. The van der Waals surface area contributed by atoms with E-state index in [0.29, 0.717) is 11.1 Å². The topological polar surface area (TPSA) is 200 Å². The summed E-state index contributed by atoms with van der Waals surface area (Å²) in [4.78, 5) is 78.1. The number of azo groups is 2. The molecule has 5 rings (SSSR count). The van der Waals surface area contributed by atoms with Crippen molar-refractivity contribution in [2.24, 2.45) is 20.5 Å². The second-order valence-corrected chi connectivity index (χ2v) is 16.0. The van der Waals surface area contributed by atoms with Gasteiger partial charge in [-0.2, -0.15) is 46.8 Å². The van der Waals surface area contributed by atoms with Crippen molar-refractivity contribution in [1.82, 2.24) is 0 Å². The maximum atomic E-state index is 13.6.